The van der Waals surface area contributed by atoms with E-state index in [9.17, 15) is 8.42 Å². The first-order valence-corrected chi connectivity index (χ1v) is 9.62. The number of hydrogen-bond donors (Lipinski definition) is 1. The number of sulfonamides is 1. The first-order valence-electron chi connectivity index (χ1n) is 7.37. The molecule has 0 aliphatic heterocycles. The first kappa shape index (κ1) is 14.5. The van der Waals surface area contributed by atoms with Crippen LogP contribution in [-0.2, 0) is 16.6 Å². The average molecular weight is 314 g/mol. The maximum absolute atomic E-state index is 12.7. The summed E-state index contributed by atoms with van der Waals surface area (Å²) in [5.74, 6) is 0. The second kappa shape index (κ2) is 5.40. The zero-order valence-corrected chi connectivity index (χ0v) is 13.7. The van der Waals surface area contributed by atoms with Crippen molar-refractivity contribution in [3.63, 3.8) is 0 Å². The van der Waals surface area contributed by atoms with Crippen molar-refractivity contribution in [1.82, 2.24) is 9.62 Å². The highest BCUT2D eigenvalue weighted by Gasteiger charge is 2.37. The number of rotatable bonds is 7. The highest BCUT2D eigenvalue weighted by atomic mass is 32.2. The lowest BCUT2D eigenvalue weighted by Crippen LogP contribution is -2.32. The Bertz CT molecular complexity index is 586. The molecule has 1 heterocycles. The summed E-state index contributed by atoms with van der Waals surface area (Å²) in [6, 6.07) is 2.73. The van der Waals surface area contributed by atoms with Gasteiger partial charge in [0, 0.05) is 30.1 Å². The topological polar surface area (TPSA) is 49.4 Å². The molecular weight excluding hydrogens is 292 g/mol. The highest BCUT2D eigenvalue weighted by molar-refractivity contribution is 7.91. The van der Waals surface area contributed by atoms with Crippen LogP contribution in [0.5, 0.6) is 0 Å². The van der Waals surface area contributed by atoms with Gasteiger partial charge in [-0.2, -0.15) is 4.31 Å². The molecule has 6 heteroatoms. The second-order valence-electron chi connectivity index (χ2n) is 5.77. The molecule has 2 aliphatic rings. The van der Waals surface area contributed by atoms with E-state index in [-0.39, 0.29) is 6.04 Å². The Labute approximate surface area is 125 Å². The Morgan fingerprint density at radius 2 is 2.05 bits per heavy atom. The Morgan fingerprint density at radius 3 is 2.60 bits per heavy atom. The molecule has 1 aromatic rings. The standard InChI is InChI=1S/C14H22N2O2S2/c1-3-16(12-6-7-12)20(17,18)14-8-10(2)13(19-14)9-15-11-4-5-11/h8,11-12,15H,3-7,9H2,1-2H3. The average Bonchev–Trinajstić information content (AvgIpc) is 3.29. The smallest absolute Gasteiger partial charge is 0.252 e. The van der Waals surface area contributed by atoms with Crippen molar-refractivity contribution >= 4 is 21.4 Å². The van der Waals surface area contributed by atoms with E-state index < -0.39 is 10.0 Å². The van der Waals surface area contributed by atoms with Gasteiger partial charge in [0.25, 0.3) is 10.0 Å². The van der Waals surface area contributed by atoms with E-state index in [1.165, 1.54) is 24.2 Å². The van der Waals surface area contributed by atoms with Crippen molar-refractivity contribution in [2.24, 2.45) is 0 Å². The van der Waals surface area contributed by atoms with Gasteiger partial charge in [0.1, 0.15) is 4.21 Å². The quantitative estimate of drug-likeness (QED) is 0.841. The van der Waals surface area contributed by atoms with Crippen LogP contribution in [0.2, 0.25) is 0 Å². The minimum Gasteiger partial charge on any atom is -0.309 e. The lowest BCUT2D eigenvalue weighted by molar-refractivity contribution is 0.422. The molecule has 0 saturated heterocycles. The van der Waals surface area contributed by atoms with Gasteiger partial charge in [-0.1, -0.05) is 6.92 Å². The van der Waals surface area contributed by atoms with Crippen molar-refractivity contribution < 1.29 is 8.42 Å². The highest BCUT2D eigenvalue weighted by Crippen LogP contribution is 2.35. The molecule has 3 rings (SSSR count). The van der Waals surface area contributed by atoms with E-state index >= 15 is 0 Å². The van der Waals surface area contributed by atoms with E-state index in [1.54, 1.807) is 4.31 Å². The summed E-state index contributed by atoms with van der Waals surface area (Å²) in [4.78, 5) is 1.15. The molecule has 0 aromatic carbocycles. The molecule has 0 spiro atoms. The van der Waals surface area contributed by atoms with Crippen LogP contribution in [0, 0.1) is 6.92 Å². The molecular formula is C14H22N2O2S2. The molecule has 0 bridgehead atoms. The minimum atomic E-state index is -3.29. The number of aryl methyl sites for hydroxylation is 1. The predicted octanol–water partition coefficient (Wildman–Crippen LogP) is 2.48. The van der Waals surface area contributed by atoms with Gasteiger partial charge in [0.15, 0.2) is 0 Å². The number of nitrogens with one attached hydrogen (secondary N) is 1. The Kier molecular flexibility index (Phi) is 3.92. The maximum Gasteiger partial charge on any atom is 0.252 e. The van der Waals surface area contributed by atoms with E-state index in [2.05, 4.69) is 5.32 Å². The third kappa shape index (κ3) is 2.93. The Morgan fingerprint density at radius 1 is 1.35 bits per heavy atom. The van der Waals surface area contributed by atoms with Gasteiger partial charge < -0.3 is 5.32 Å². The number of hydrogen-bond acceptors (Lipinski definition) is 4. The van der Waals surface area contributed by atoms with Crippen LogP contribution in [0.15, 0.2) is 10.3 Å². The fraction of sp³-hybridized carbons (Fsp3) is 0.714. The van der Waals surface area contributed by atoms with Crippen LogP contribution in [0.25, 0.3) is 0 Å². The summed E-state index contributed by atoms with van der Waals surface area (Å²) in [6.07, 6.45) is 4.52. The van der Waals surface area contributed by atoms with Crippen LogP contribution in [-0.4, -0.2) is 31.4 Å². The summed E-state index contributed by atoms with van der Waals surface area (Å²) < 4.78 is 27.5. The largest absolute Gasteiger partial charge is 0.309 e. The molecule has 0 amide bonds. The summed E-state index contributed by atoms with van der Waals surface area (Å²) in [5, 5.41) is 3.46. The van der Waals surface area contributed by atoms with Crippen molar-refractivity contribution in [3.8, 4) is 0 Å². The summed E-state index contributed by atoms with van der Waals surface area (Å²) in [5.41, 5.74) is 1.09. The lowest BCUT2D eigenvalue weighted by Gasteiger charge is -2.18. The molecule has 0 unspecified atom stereocenters. The first-order chi connectivity index (χ1) is 9.52. The maximum atomic E-state index is 12.7. The van der Waals surface area contributed by atoms with Gasteiger partial charge in [-0.25, -0.2) is 8.42 Å². The molecule has 20 heavy (non-hydrogen) atoms. The van der Waals surface area contributed by atoms with Crippen LogP contribution in [0.1, 0.15) is 43.0 Å². The van der Waals surface area contributed by atoms with Crippen molar-refractivity contribution in [1.29, 1.82) is 0 Å². The molecule has 112 valence electrons. The van der Waals surface area contributed by atoms with Gasteiger partial charge in [-0.05, 0) is 44.2 Å². The normalized spacial score (nSPS) is 19.8. The Hall–Kier alpha value is -0.430. The summed E-state index contributed by atoms with van der Waals surface area (Å²) in [7, 11) is -3.29. The van der Waals surface area contributed by atoms with E-state index in [1.807, 2.05) is 19.9 Å². The predicted molar refractivity (Wildman–Crippen MR) is 81.5 cm³/mol. The monoisotopic (exact) mass is 314 g/mol. The van der Waals surface area contributed by atoms with Gasteiger partial charge in [0.2, 0.25) is 0 Å². The summed E-state index contributed by atoms with van der Waals surface area (Å²) in [6.45, 7) is 5.30. The summed E-state index contributed by atoms with van der Waals surface area (Å²) >= 11 is 1.43. The SMILES string of the molecule is CCN(C1CC1)S(=O)(=O)c1cc(C)c(CNC2CC2)s1. The van der Waals surface area contributed by atoms with Crippen molar-refractivity contribution in [3.05, 3.63) is 16.5 Å². The molecule has 2 fully saturated rings. The molecule has 4 nitrogen and oxygen atoms in total. The van der Waals surface area contributed by atoms with Crippen molar-refractivity contribution in [2.45, 2.75) is 62.4 Å². The lowest BCUT2D eigenvalue weighted by atomic mass is 10.3. The molecule has 2 saturated carbocycles. The van der Waals surface area contributed by atoms with E-state index in [4.69, 9.17) is 0 Å². The van der Waals surface area contributed by atoms with Gasteiger partial charge in [-0.3, -0.25) is 0 Å². The fourth-order valence-electron chi connectivity index (χ4n) is 2.42. The molecule has 2 aliphatic carbocycles. The van der Waals surface area contributed by atoms with Gasteiger partial charge in [0.05, 0.1) is 0 Å². The Balaban J connectivity index is 1.79. The van der Waals surface area contributed by atoms with Crippen molar-refractivity contribution in [2.75, 3.05) is 6.54 Å². The third-order valence-electron chi connectivity index (χ3n) is 3.96. The number of thiophene rings is 1. The number of nitrogens with zero attached hydrogens (tertiary/aromatic N) is 1. The second-order valence-corrected chi connectivity index (χ2v) is 9.02. The van der Waals surface area contributed by atoms with Crippen LogP contribution >= 0.6 is 11.3 Å². The molecule has 0 atom stereocenters. The molecule has 1 N–H and O–H groups in total. The zero-order chi connectivity index (χ0) is 14.3. The third-order valence-corrected chi connectivity index (χ3v) is 7.67. The zero-order valence-electron chi connectivity index (χ0n) is 12.1. The minimum absolute atomic E-state index is 0.237. The van der Waals surface area contributed by atoms with E-state index in [0.717, 1.165) is 29.8 Å². The molecule has 0 radical (unpaired) electrons. The molecule has 1 aromatic heterocycles. The van der Waals surface area contributed by atoms with Crippen LogP contribution in [0.3, 0.4) is 0 Å². The van der Waals surface area contributed by atoms with Gasteiger partial charge >= 0.3 is 0 Å². The van der Waals surface area contributed by atoms with Crippen LogP contribution < -0.4 is 5.32 Å². The van der Waals surface area contributed by atoms with Crippen LogP contribution in [0.4, 0.5) is 0 Å². The van der Waals surface area contributed by atoms with Gasteiger partial charge in [-0.15, -0.1) is 11.3 Å². The fourth-order valence-corrected chi connectivity index (χ4v) is 5.78. The van der Waals surface area contributed by atoms with E-state index in [0.29, 0.717) is 16.8 Å².